The number of pyridine rings is 1. The van der Waals surface area contributed by atoms with Gasteiger partial charge in [0.1, 0.15) is 12.4 Å². The predicted molar refractivity (Wildman–Crippen MR) is 113 cm³/mol. The van der Waals surface area contributed by atoms with Crippen LogP contribution in [0.15, 0.2) is 66.9 Å². The number of nitrogens with one attached hydrogen (secondary N) is 1. The number of rotatable bonds is 9. The summed E-state index contributed by atoms with van der Waals surface area (Å²) in [5.74, 6) is 0.271. The first-order chi connectivity index (χ1) is 15.1. The highest BCUT2D eigenvalue weighted by Gasteiger charge is 2.14. The predicted octanol–water partition coefficient (Wildman–Crippen LogP) is 3.47. The molecule has 31 heavy (non-hydrogen) atoms. The Labute approximate surface area is 179 Å². The molecule has 0 fully saturated rings. The van der Waals surface area contributed by atoms with Crippen molar-refractivity contribution in [2.75, 3.05) is 26.1 Å². The van der Waals surface area contributed by atoms with Crippen molar-refractivity contribution in [3.63, 3.8) is 0 Å². The van der Waals surface area contributed by atoms with Crippen molar-refractivity contribution >= 4 is 17.6 Å². The molecule has 0 radical (unpaired) electrons. The highest BCUT2D eigenvalue weighted by Crippen LogP contribution is 2.29. The molecule has 3 aromatic rings. The van der Waals surface area contributed by atoms with E-state index in [0.717, 1.165) is 0 Å². The topological polar surface area (TPSA) is 96.0 Å². The molecule has 0 unspecified atom stereocenters. The van der Waals surface area contributed by atoms with Crippen LogP contribution < -0.4 is 19.5 Å². The standard InChI is InChI=1S/C23H22N2O6/c1-28-19-9-4-3-8-18(19)25-22(26)15-30-20-11-10-16(13-21(20)29-2)23(27)31-14-17-7-5-6-12-24-17/h3-13H,14-15H2,1-2H3,(H,25,26). The maximum Gasteiger partial charge on any atom is 0.338 e. The van der Waals surface area contributed by atoms with E-state index in [1.807, 2.05) is 6.07 Å². The first-order valence-corrected chi connectivity index (χ1v) is 9.41. The molecule has 8 heteroatoms. The summed E-state index contributed by atoms with van der Waals surface area (Å²) < 4.78 is 21.3. The lowest BCUT2D eigenvalue weighted by Crippen LogP contribution is -2.20. The number of hydrogen-bond donors (Lipinski definition) is 1. The number of methoxy groups -OCH3 is 2. The summed E-state index contributed by atoms with van der Waals surface area (Å²) in [7, 11) is 2.97. The molecule has 0 atom stereocenters. The molecule has 0 saturated carbocycles. The van der Waals surface area contributed by atoms with Crippen LogP contribution in [-0.4, -0.2) is 37.7 Å². The second-order valence-electron chi connectivity index (χ2n) is 6.30. The zero-order chi connectivity index (χ0) is 22.1. The molecule has 1 amide bonds. The Kier molecular flexibility index (Phi) is 7.42. The van der Waals surface area contributed by atoms with Crippen molar-refractivity contribution in [2.24, 2.45) is 0 Å². The van der Waals surface area contributed by atoms with Crippen molar-refractivity contribution in [3.8, 4) is 17.2 Å². The fourth-order valence-corrected chi connectivity index (χ4v) is 2.70. The number of ether oxygens (including phenoxy) is 4. The van der Waals surface area contributed by atoms with Gasteiger partial charge in [-0.1, -0.05) is 18.2 Å². The van der Waals surface area contributed by atoms with Gasteiger partial charge in [-0.25, -0.2) is 4.79 Å². The third kappa shape index (κ3) is 5.96. The van der Waals surface area contributed by atoms with Crippen molar-refractivity contribution < 1.29 is 28.5 Å². The molecule has 2 aromatic carbocycles. The minimum absolute atomic E-state index is 0.0589. The van der Waals surface area contributed by atoms with Gasteiger partial charge in [-0.05, 0) is 42.5 Å². The number of carbonyl (C=O) groups is 2. The zero-order valence-electron chi connectivity index (χ0n) is 17.2. The molecule has 8 nitrogen and oxygen atoms in total. The number of carbonyl (C=O) groups excluding carboxylic acids is 2. The molecule has 0 aliphatic carbocycles. The van der Waals surface area contributed by atoms with Gasteiger partial charge in [0.05, 0.1) is 31.2 Å². The molecular weight excluding hydrogens is 400 g/mol. The zero-order valence-corrected chi connectivity index (χ0v) is 17.2. The number of aromatic nitrogens is 1. The van der Waals surface area contributed by atoms with E-state index < -0.39 is 5.97 Å². The van der Waals surface area contributed by atoms with Gasteiger partial charge in [-0.15, -0.1) is 0 Å². The Morgan fingerprint density at radius 2 is 1.68 bits per heavy atom. The number of nitrogens with zero attached hydrogens (tertiary/aromatic N) is 1. The Morgan fingerprint density at radius 3 is 2.42 bits per heavy atom. The van der Waals surface area contributed by atoms with Crippen LogP contribution in [-0.2, 0) is 16.1 Å². The summed E-state index contributed by atoms with van der Waals surface area (Å²) in [6, 6.07) is 17.0. The lowest BCUT2D eigenvalue weighted by Gasteiger charge is -2.13. The number of esters is 1. The molecule has 1 heterocycles. The van der Waals surface area contributed by atoms with Gasteiger partial charge < -0.3 is 24.3 Å². The average molecular weight is 422 g/mol. The third-order valence-corrected chi connectivity index (χ3v) is 4.22. The second kappa shape index (κ2) is 10.6. The average Bonchev–Trinajstić information content (AvgIpc) is 2.82. The number of para-hydroxylation sites is 2. The van der Waals surface area contributed by atoms with Crippen LogP contribution in [0.3, 0.4) is 0 Å². The van der Waals surface area contributed by atoms with Gasteiger partial charge in [0.15, 0.2) is 18.1 Å². The Hall–Kier alpha value is -4.07. The van der Waals surface area contributed by atoms with Gasteiger partial charge in [-0.3, -0.25) is 9.78 Å². The Bertz CT molecular complexity index is 1040. The van der Waals surface area contributed by atoms with Crippen molar-refractivity contribution in [2.45, 2.75) is 6.61 Å². The van der Waals surface area contributed by atoms with Crippen LogP contribution in [0, 0.1) is 0 Å². The number of benzene rings is 2. The van der Waals surface area contributed by atoms with Gasteiger partial charge in [0, 0.05) is 6.20 Å². The molecule has 0 saturated heterocycles. The lowest BCUT2D eigenvalue weighted by molar-refractivity contribution is -0.118. The van der Waals surface area contributed by atoms with Crippen LogP contribution >= 0.6 is 0 Å². The summed E-state index contributed by atoms with van der Waals surface area (Å²) in [5.41, 5.74) is 1.47. The SMILES string of the molecule is COc1ccccc1NC(=O)COc1ccc(C(=O)OCc2ccccn2)cc1OC. The van der Waals surface area contributed by atoms with E-state index >= 15 is 0 Å². The van der Waals surface area contributed by atoms with Gasteiger partial charge in [-0.2, -0.15) is 0 Å². The highest BCUT2D eigenvalue weighted by atomic mass is 16.5. The van der Waals surface area contributed by atoms with Crippen molar-refractivity contribution in [1.82, 2.24) is 4.98 Å². The first kappa shape index (κ1) is 21.6. The molecule has 0 bridgehead atoms. The number of hydrogen-bond acceptors (Lipinski definition) is 7. The smallest absolute Gasteiger partial charge is 0.338 e. The molecule has 1 aromatic heterocycles. The van der Waals surface area contributed by atoms with E-state index in [9.17, 15) is 9.59 Å². The molecule has 3 rings (SSSR count). The molecule has 0 aliphatic heterocycles. The van der Waals surface area contributed by atoms with Crippen LogP contribution in [0.25, 0.3) is 0 Å². The quantitative estimate of drug-likeness (QED) is 0.528. The highest BCUT2D eigenvalue weighted by molar-refractivity contribution is 5.93. The van der Waals surface area contributed by atoms with Crippen molar-refractivity contribution in [1.29, 1.82) is 0 Å². The molecule has 0 aliphatic rings. The molecule has 1 N–H and O–H groups in total. The summed E-state index contributed by atoms with van der Waals surface area (Å²) in [6.45, 7) is -0.193. The van der Waals surface area contributed by atoms with Crippen LogP contribution in [0.4, 0.5) is 5.69 Å². The number of anilines is 1. The maximum atomic E-state index is 12.3. The summed E-state index contributed by atoms with van der Waals surface area (Å²) in [5, 5.41) is 2.72. The van der Waals surface area contributed by atoms with E-state index in [0.29, 0.717) is 34.2 Å². The normalized spacial score (nSPS) is 10.1. The molecule has 0 spiro atoms. The van der Waals surface area contributed by atoms with Crippen LogP contribution in [0.5, 0.6) is 17.2 Å². The fourth-order valence-electron chi connectivity index (χ4n) is 2.70. The molecule has 160 valence electrons. The Balaban J connectivity index is 1.59. The maximum absolute atomic E-state index is 12.3. The fraction of sp³-hybridized carbons (Fsp3) is 0.174. The van der Waals surface area contributed by atoms with Gasteiger partial charge >= 0.3 is 5.97 Å². The van der Waals surface area contributed by atoms with Crippen molar-refractivity contribution in [3.05, 3.63) is 78.1 Å². The van der Waals surface area contributed by atoms with E-state index in [4.69, 9.17) is 18.9 Å². The largest absolute Gasteiger partial charge is 0.495 e. The summed E-state index contributed by atoms with van der Waals surface area (Å²) >= 11 is 0. The van der Waals surface area contributed by atoms with Gasteiger partial charge in [0.2, 0.25) is 0 Å². The first-order valence-electron chi connectivity index (χ1n) is 9.41. The number of amides is 1. The second-order valence-corrected chi connectivity index (χ2v) is 6.30. The van der Waals surface area contributed by atoms with E-state index in [1.54, 1.807) is 48.7 Å². The Morgan fingerprint density at radius 1 is 0.903 bits per heavy atom. The van der Waals surface area contributed by atoms with E-state index in [2.05, 4.69) is 10.3 Å². The van der Waals surface area contributed by atoms with E-state index in [1.165, 1.54) is 26.4 Å². The molecular formula is C23H22N2O6. The minimum Gasteiger partial charge on any atom is -0.495 e. The summed E-state index contributed by atoms with van der Waals surface area (Å²) in [6.07, 6.45) is 1.63. The monoisotopic (exact) mass is 422 g/mol. The van der Waals surface area contributed by atoms with E-state index in [-0.39, 0.29) is 19.1 Å². The minimum atomic E-state index is -0.524. The summed E-state index contributed by atoms with van der Waals surface area (Å²) in [4.78, 5) is 28.6. The third-order valence-electron chi connectivity index (χ3n) is 4.22. The van der Waals surface area contributed by atoms with Crippen LogP contribution in [0.1, 0.15) is 16.1 Å². The van der Waals surface area contributed by atoms with Crippen LogP contribution in [0.2, 0.25) is 0 Å². The van der Waals surface area contributed by atoms with Gasteiger partial charge in [0.25, 0.3) is 5.91 Å². The lowest BCUT2D eigenvalue weighted by atomic mass is 10.2.